The lowest BCUT2D eigenvalue weighted by Crippen LogP contribution is -2.51. The lowest BCUT2D eigenvalue weighted by molar-refractivity contribution is -0.173. The summed E-state index contributed by atoms with van der Waals surface area (Å²) in [6, 6.07) is 1.14. The van der Waals surface area contributed by atoms with Gasteiger partial charge in [0.2, 0.25) is 0 Å². The molecule has 8 N–H and O–H groups in total. The van der Waals surface area contributed by atoms with Gasteiger partial charge in [-0.3, -0.25) is 9.09 Å². The topological polar surface area (TPSA) is 244 Å². The summed E-state index contributed by atoms with van der Waals surface area (Å²) in [5, 5.41) is 30.6. The van der Waals surface area contributed by atoms with Crippen LogP contribution in [0, 0.1) is 12.3 Å². The largest absolute Gasteiger partial charge is 0.483 e. The minimum atomic E-state index is -5.57. The number of phosphoric ester groups is 1. The fourth-order valence-electron chi connectivity index (χ4n) is 2.35. The summed E-state index contributed by atoms with van der Waals surface area (Å²) < 4.78 is 35.6. The van der Waals surface area contributed by atoms with Crippen LogP contribution >= 0.6 is 15.6 Å². The highest BCUT2D eigenvalue weighted by Crippen LogP contribution is 2.58. The molecular formula is C11H15N3O12P2. The molecule has 6 atom stereocenters. The van der Waals surface area contributed by atoms with E-state index in [0.29, 0.717) is 4.57 Å². The average Bonchev–Trinajstić information content (AvgIpc) is 2.77. The fraction of sp³-hybridized carbons (Fsp3) is 0.455. The number of nitrogen functional groups attached to an aromatic ring is 1. The van der Waals surface area contributed by atoms with Crippen molar-refractivity contribution in [2.75, 3.05) is 5.73 Å². The Kier molecular flexibility index (Phi) is 6.17. The van der Waals surface area contributed by atoms with Gasteiger partial charge in [0.25, 0.3) is 0 Å². The highest BCUT2D eigenvalue weighted by molar-refractivity contribution is 7.60. The van der Waals surface area contributed by atoms with E-state index < -0.39 is 51.7 Å². The molecule has 0 bridgehead atoms. The molecule has 2 heterocycles. The first-order chi connectivity index (χ1) is 12.7. The van der Waals surface area contributed by atoms with Crippen LogP contribution in [-0.4, -0.2) is 63.6 Å². The molecule has 1 aliphatic heterocycles. The Morgan fingerprint density at radius 1 is 1.43 bits per heavy atom. The zero-order chi connectivity index (χ0) is 21.5. The van der Waals surface area contributed by atoms with Crippen molar-refractivity contribution in [3.05, 3.63) is 22.7 Å². The van der Waals surface area contributed by atoms with E-state index in [1.54, 1.807) is 5.92 Å². The number of rotatable bonds is 6. The molecule has 15 nitrogen and oxygen atoms in total. The Morgan fingerprint density at radius 3 is 2.54 bits per heavy atom. The van der Waals surface area contributed by atoms with E-state index in [9.17, 15) is 34.1 Å². The molecule has 0 saturated carbocycles. The molecule has 28 heavy (non-hydrogen) atoms. The first kappa shape index (κ1) is 22.6. The van der Waals surface area contributed by atoms with E-state index in [1.807, 2.05) is 0 Å². The Morgan fingerprint density at radius 2 is 2.04 bits per heavy atom. The van der Waals surface area contributed by atoms with Crippen LogP contribution in [0.4, 0.5) is 5.82 Å². The Hall–Kier alpha value is -1.66. The SMILES string of the molecule is C#C[C@@]1(O)[C@@H](C(O)OP(=O)(O)OP(=O)(O)O)O[C@@H](n2ccc(N)nc2=O)[C@@H]1O. The number of aliphatic hydroxyl groups is 3. The van der Waals surface area contributed by atoms with Gasteiger partial charge in [0.15, 0.2) is 24.2 Å². The third-order valence-corrected chi connectivity index (χ3v) is 5.67. The highest BCUT2D eigenvalue weighted by Gasteiger charge is 2.59. The first-order valence-electron chi connectivity index (χ1n) is 7.04. The van der Waals surface area contributed by atoms with Gasteiger partial charge >= 0.3 is 21.3 Å². The molecule has 2 rings (SSSR count). The van der Waals surface area contributed by atoms with Gasteiger partial charge in [0.05, 0.1) is 0 Å². The molecule has 0 radical (unpaired) electrons. The van der Waals surface area contributed by atoms with E-state index in [4.69, 9.17) is 26.7 Å². The van der Waals surface area contributed by atoms with Gasteiger partial charge in [-0.25, -0.2) is 13.9 Å². The van der Waals surface area contributed by atoms with Crippen LogP contribution in [-0.2, 0) is 22.7 Å². The number of hydrogen-bond donors (Lipinski definition) is 7. The van der Waals surface area contributed by atoms with Crippen molar-refractivity contribution in [3.8, 4) is 12.3 Å². The molecule has 2 unspecified atom stereocenters. The summed E-state index contributed by atoms with van der Waals surface area (Å²) in [5.74, 6) is 1.53. The maximum absolute atomic E-state index is 11.9. The maximum Gasteiger partial charge on any atom is 0.483 e. The molecule has 0 spiro atoms. The van der Waals surface area contributed by atoms with E-state index in [1.165, 1.54) is 0 Å². The predicted octanol–water partition coefficient (Wildman–Crippen LogP) is -3.01. The van der Waals surface area contributed by atoms with Crippen molar-refractivity contribution in [1.82, 2.24) is 9.55 Å². The van der Waals surface area contributed by atoms with Gasteiger partial charge in [-0.05, 0) is 6.07 Å². The second-order valence-corrected chi connectivity index (χ2v) is 8.22. The summed E-state index contributed by atoms with van der Waals surface area (Å²) in [6.45, 7) is 0. The van der Waals surface area contributed by atoms with Crippen LogP contribution in [0.5, 0.6) is 0 Å². The number of hydrogen-bond acceptors (Lipinski definition) is 11. The molecule has 1 fully saturated rings. The zero-order valence-electron chi connectivity index (χ0n) is 13.5. The van der Waals surface area contributed by atoms with Crippen LogP contribution in [0.15, 0.2) is 17.1 Å². The van der Waals surface area contributed by atoms with Crippen molar-refractivity contribution in [2.24, 2.45) is 0 Å². The van der Waals surface area contributed by atoms with Crippen molar-refractivity contribution >= 4 is 21.5 Å². The molecule has 17 heteroatoms. The summed E-state index contributed by atoms with van der Waals surface area (Å²) in [6.07, 6.45) is -2.46. The van der Waals surface area contributed by atoms with Crippen LogP contribution in [0.1, 0.15) is 6.23 Å². The second kappa shape index (κ2) is 7.64. The van der Waals surface area contributed by atoms with Crippen LogP contribution < -0.4 is 11.4 Å². The van der Waals surface area contributed by atoms with Crippen molar-refractivity contribution in [1.29, 1.82) is 0 Å². The Balaban J connectivity index is 2.33. The molecule has 1 aliphatic rings. The molecule has 0 aromatic carbocycles. The fourth-order valence-corrected chi connectivity index (χ4v) is 3.96. The Labute approximate surface area is 155 Å². The van der Waals surface area contributed by atoms with Crippen LogP contribution in [0.3, 0.4) is 0 Å². The molecule has 1 aromatic rings. The predicted molar refractivity (Wildman–Crippen MR) is 86.7 cm³/mol. The maximum atomic E-state index is 11.9. The van der Waals surface area contributed by atoms with Crippen LogP contribution in [0.2, 0.25) is 0 Å². The number of terminal acetylenes is 1. The van der Waals surface area contributed by atoms with Gasteiger partial charge in [0, 0.05) is 6.20 Å². The van der Waals surface area contributed by atoms with Gasteiger partial charge in [-0.15, -0.1) is 6.42 Å². The van der Waals surface area contributed by atoms with Crippen molar-refractivity contribution < 1.29 is 52.7 Å². The summed E-state index contributed by atoms with van der Waals surface area (Å²) in [4.78, 5) is 41.6. The number of phosphoric acid groups is 2. The third-order valence-electron chi connectivity index (χ3n) is 3.51. The van der Waals surface area contributed by atoms with E-state index in [2.05, 4.69) is 13.8 Å². The quantitative estimate of drug-likeness (QED) is 0.132. The smallest absolute Gasteiger partial charge is 0.384 e. The van der Waals surface area contributed by atoms with E-state index in [0.717, 1.165) is 12.3 Å². The first-order valence-corrected chi connectivity index (χ1v) is 10.1. The van der Waals surface area contributed by atoms with Gasteiger partial charge in [-0.2, -0.15) is 9.29 Å². The summed E-state index contributed by atoms with van der Waals surface area (Å²) >= 11 is 0. The highest BCUT2D eigenvalue weighted by atomic mass is 31.3. The number of aliphatic hydroxyl groups excluding tert-OH is 2. The van der Waals surface area contributed by atoms with Crippen molar-refractivity contribution in [3.63, 3.8) is 0 Å². The molecule has 1 saturated heterocycles. The minimum absolute atomic E-state index is 0.170. The minimum Gasteiger partial charge on any atom is -0.384 e. The summed E-state index contributed by atoms with van der Waals surface area (Å²) in [5.41, 5.74) is 1.53. The average molecular weight is 443 g/mol. The lowest BCUT2D eigenvalue weighted by Gasteiger charge is -2.28. The number of ether oxygens (including phenoxy) is 1. The summed E-state index contributed by atoms with van der Waals surface area (Å²) in [7, 11) is -11.1. The number of nitrogens with zero attached hydrogens (tertiary/aromatic N) is 2. The van der Waals surface area contributed by atoms with Gasteiger partial charge in [0.1, 0.15) is 11.9 Å². The molecule has 0 amide bonds. The monoisotopic (exact) mass is 443 g/mol. The normalized spacial score (nSPS) is 31.1. The molecule has 1 aromatic heterocycles. The van der Waals surface area contributed by atoms with Gasteiger partial charge in [-0.1, -0.05) is 5.92 Å². The number of nitrogens with two attached hydrogens (primary N) is 1. The second-order valence-electron chi connectivity index (χ2n) is 5.44. The van der Waals surface area contributed by atoms with Crippen molar-refractivity contribution in [2.45, 2.75) is 30.3 Å². The van der Waals surface area contributed by atoms with Crippen LogP contribution in [0.25, 0.3) is 0 Å². The standard InChI is InChI=1S/C11H15N3O12P2/c1-2-11(18)6(15)8(14-4-3-5(12)13-10(14)17)24-7(11)9(16)25-28(22,23)26-27(19,20)21/h1,3-4,6-9,15-16,18H,(H,22,23)(H2,12,13,17)(H2,19,20,21)/t6-,7+,8+,9?,11-/m0/s1. The molecule has 156 valence electrons. The molecule has 0 aliphatic carbocycles. The zero-order valence-corrected chi connectivity index (χ0v) is 15.3. The van der Waals surface area contributed by atoms with Gasteiger partial charge < -0.3 is 40.5 Å². The number of aromatic nitrogens is 2. The molecular weight excluding hydrogens is 428 g/mol. The van der Waals surface area contributed by atoms with E-state index >= 15 is 0 Å². The number of anilines is 1. The third kappa shape index (κ3) is 4.66. The Bertz CT molecular complexity index is 939. The lowest BCUT2D eigenvalue weighted by atomic mass is 9.92. The van der Waals surface area contributed by atoms with E-state index in [-0.39, 0.29) is 5.82 Å².